The highest BCUT2D eigenvalue weighted by atomic mass is 16.5. The summed E-state index contributed by atoms with van der Waals surface area (Å²) in [4.78, 5) is 21.0. The molecule has 0 bridgehead atoms. The van der Waals surface area contributed by atoms with Gasteiger partial charge in [0.1, 0.15) is 11.9 Å². The lowest BCUT2D eigenvalue weighted by Gasteiger charge is -2.12. The van der Waals surface area contributed by atoms with Crippen LogP contribution in [0.25, 0.3) is 22.4 Å². The fraction of sp³-hybridized carbons (Fsp3) is 0.250. The van der Waals surface area contributed by atoms with Crippen molar-refractivity contribution in [2.75, 3.05) is 0 Å². The Bertz CT molecular complexity index is 874. The molecular weight excluding hydrogens is 280 g/mol. The highest BCUT2D eigenvalue weighted by Crippen LogP contribution is 2.16. The lowest BCUT2D eigenvalue weighted by Crippen LogP contribution is -2.34. The maximum atomic E-state index is 12.6. The summed E-state index contributed by atoms with van der Waals surface area (Å²) in [5.74, 6) is 0. The molecule has 0 saturated carbocycles. The van der Waals surface area contributed by atoms with Gasteiger partial charge in [-0.3, -0.25) is 9.36 Å². The Morgan fingerprint density at radius 1 is 1.32 bits per heavy atom. The molecular formula is C16H16N4O2. The Kier molecular flexibility index (Phi) is 3.58. The molecule has 0 amide bonds. The van der Waals surface area contributed by atoms with Crippen molar-refractivity contribution in [3.63, 3.8) is 0 Å². The molecule has 1 atom stereocenters. The van der Waals surface area contributed by atoms with Gasteiger partial charge in [-0.05, 0) is 18.3 Å². The normalized spacial score (nSPS) is 12.5. The SMILES string of the molecule is CCC(C)n1cnc2c(nc(-c3ccccc3)c[n+]2[O-])c1=O. The van der Waals surface area contributed by atoms with Gasteiger partial charge in [-0.25, -0.2) is 9.71 Å². The van der Waals surface area contributed by atoms with Crippen LogP contribution in [0.15, 0.2) is 47.7 Å². The Balaban J connectivity index is 2.28. The largest absolute Gasteiger partial charge is 0.710 e. The lowest BCUT2D eigenvalue weighted by atomic mass is 10.2. The monoisotopic (exact) mass is 296 g/mol. The topological polar surface area (TPSA) is 74.7 Å². The first-order chi connectivity index (χ1) is 10.6. The van der Waals surface area contributed by atoms with E-state index in [1.165, 1.54) is 17.1 Å². The van der Waals surface area contributed by atoms with Crippen molar-refractivity contribution in [1.29, 1.82) is 0 Å². The van der Waals surface area contributed by atoms with Gasteiger partial charge in [0.05, 0.1) is 0 Å². The van der Waals surface area contributed by atoms with Crippen LogP contribution in [0.2, 0.25) is 0 Å². The summed E-state index contributed by atoms with van der Waals surface area (Å²) in [7, 11) is 0. The first-order valence-electron chi connectivity index (χ1n) is 7.18. The zero-order chi connectivity index (χ0) is 15.7. The zero-order valence-electron chi connectivity index (χ0n) is 12.4. The van der Waals surface area contributed by atoms with Gasteiger partial charge in [-0.1, -0.05) is 37.3 Å². The van der Waals surface area contributed by atoms with E-state index < -0.39 is 0 Å². The molecule has 1 aromatic carbocycles. The quantitative estimate of drug-likeness (QED) is 0.547. The number of fused-ring (bicyclic) bond motifs is 1. The molecule has 22 heavy (non-hydrogen) atoms. The Morgan fingerprint density at radius 2 is 2.05 bits per heavy atom. The molecule has 0 aliphatic carbocycles. The van der Waals surface area contributed by atoms with Crippen LogP contribution in [0.3, 0.4) is 0 Å². The fourth-order valence-electron chi connectivity index (χ4n) is 2.29. The third-order valence-corrected chi connectivity index (χ3v) is 3.77. The first kappa shape index (κ1) is 14.2. The number of rotatable bonds is 3. The van der Waals surface area contributed by atoms with Crippen molar-refractivity contribution in [2.45, 2.75) is 26.3 Å². The van der Waals surface area contributed by atoms with Crippen LogP contribution in [0.1, 0.15) is 26.3 Å². The summed E-state index contributed by atoms with van der Waals surface area (Å²) >= 11 is 0. The van der Waals surface area contributed by atoms with Gasteiger partial charge >= 0.3 is 5.65 Å². The molecule has 6 nitrogen and oxygen atoms in total. The van der Waals surface area contributed by atoms with E-state index in [1.54, 1.807) is 0 Å². The van der Waals surface area contributed by atoms with Gasteiger partial charge in [0.15, 0.2) is 0 Å². The molecule has 1 unspecified atom stereocenters. The second kappa shape index (κ2) is 5.55. The van der Waals surface area contributed by atoms with E-state index in [9.17, 15) is 10.0 Å². The summed E-state index contributed by atoms with van der Waals surface area (Å²) in [5.41, 5.74) is 1.10. The summed E-state index contributed by atoms with van der Waals surface area (Å²) in [6.07, 6.45) is 3.55. The van der Waals surface area contributed by atoms with Crippen molar-refractivity contribution in [1.82, 2.24) is 14.5 Å². The predicted molar refractivity (Wildman–Crippen MR) is 83.2 cm³/mol. The predicted octanol–water partition coefficient (Wildman–Crippen LogP) is 2.06. The average molecular weight is 296 g/mol. The van der Waals surface area contributed by atoms with Crippen molar-refractivity contribution in [3.05, 3.63) is 58.4 Å². The molecule has 0 fully saturated rings. The summed E-state index contributed by atoms with van der Waals surface area (Å²) < 4.78 is 2.12. The number of hydrogen-bond acceptors (Lipinski definition) is 4. The van der Waals surface area contributed by atoms with Crippen molar-refractivity contribution >= 4 is 11.2 Å². The number of benzene rings is 1. The van der Waals surface area contributed by atoms with Crippen LogP contribution in [-0.2, 0) is 0 Å². The van der Waals surface area contributed by atoms with E-state index >= 15 is 0 Å². The second-order valence-electron chi connectivity index (χ2n) is 5.20. The number of hydrogen-bond donors (Lipinski definition) is 0. The number of nitrogens with zero attached hydrogens (tertiary/aromatic N) is 4. The summed E-state index contributed by atoms with van der Waals surface area (Å²) in [5, 5.41) is 12.1. The van der Waals surface area contributed by atoms with Crippen LogP contribution in [0, 0.1) is 5.21 Å². The fourth-order valence-corrected chi connectivity index (χ4v) is 2.29. The van der Waals surface area contributed by atoms with Gasteiger partial charge in [-0.15, -0.1) is 0 Å². The maximum Gasteiger partial charge on any atom is 0.359 e. The molecule has 0 radical (unpaired) electrons. The third kappa shape index (κ3) is 2.32. The number of aromatic nitrogens is 4. The molecule has 0 aliphatic heterocycles. The Labute approximate surface area is 127 Å². The highest BCUT2D eigenvalue weighted by Gasteiger charge is 2.18. The van der Waals surface area contributed by atoms with Gasteiger partial charge in [0.2, 0.25) is 11.8 Å². The molecule has 0 N–H and O–H groups in total. The molecule has 0 aliphatic rings. The van der Waals surface area contributed by atoms with Crippen molar-refractivity contribution in [3.8, 4) is 11.3 Å². The van der Waals surface area contributed by atoms with Gasteiger partial charge in [0.25, 0.3) is 5.56 Å². The van der Waals surface area contributed by atoms with E-state index in [1.807, 2.05) is 44.2 Å². The minimum absolute atomic E-state index is 0.00619. The van der Waals surface area contributed by atoms with E-state index in [2.05, 4.69) is 9.97 Å². The van der Waals surface area contributed by atoms with Gasteiger partial charge < -0.3 is 5.21 Å². The minimum atomic E-state index is -0.290. The molecule has 0 saturated heterocycles. The Morgan fingerprint density at radius 3 is 2.73 bits per heavy atom. The smallest absolute Gasteiger partial charge is 0.359 e. The van der Waals surface area contributed by atoms with Gasteiger partial charge in [-0.2, -0.15) is 0 Å². The van der Waals surface area contributed by atoms with Crippen molar-refractivity contribution in [2.24, 2.45) is 0 Å². The van der Waals surface area contributed by atoms with Crippen LogP contribution in [0.5, 0.6) is 0 Å². The molecule has 6 heteroatoms. The lowest BCUT2D eigenvalue weighted by molar-refractivity contribution is -0.579. The zero-order valence-corrected chi connectivity index (χ0v) is 12.4. The van der Waals surface area contributed by atoms with Crippen LogP contribution in [-0.4, -0.2) is 14.5 Å². The molecule has 0 spiro atoms. The summed E-state index contributed by atoms with van der Waals surface area (Å²) in [6, 6.07) is 9.29. The molecule has 2 heterocycles. The van der Waals surface area contributed by atoms with E-state index in [4.69, 9.17) is 0 Å². The van der Waals surface area contributed by atoms with E-state index in [0.717, 1.165) is 12.0 Å². The molecule has 2 aromatic heterocycles. The minimum Gasteiger partial charge on any atom is -0.710 e. The van der Waals surface area contributed by atoms with Crippen LogP contribution < -0.4 is 10.3 Å². The third-order valence-electron chi connectivity index (χ3n) is 3.77. The standard InChI is InChI=1S/C16H16N4O2/c1-3-11(2)19-10-17-15-14(16(19)21)18-13(9-20(15)22)12-7-5-4-6-8-12/h4-11H,3H2,1-2H3. The van der Waals surface area contributed by atoms with Crippen molar-refractivity contribution < 1.29 is 4.73 Å². The highest BCUT2D eigenvalue weighted by molar-refractivity contribution is 5.69. The van der Waals surface area contributed by atoms with Crippen LogP contribution >= 0.6 is 0 Å². The van der Waals surface area contributed by atoms with Crippen LogP contribution in [0.4, 0.5) is 0 Å². The molecule has 112 valence electrons. The Hall–Kier alpha value is -2.76. The van der Waals surface area contributed by atoms with E-state index in [-0.39, 0.29) is 22.8 Å². The van der Waals surface area contributed by atoms with Gasteiger partial charge in [0, 0.05) is 11.6 Å². The summed E-state index contributed by atoms with van der Waals surface area (Å²) in [6.45, 7) is 3.92. The second-order valence-corrected chi connectivity index (χ2v) is 5.20. The van der Waals surface area contributed by atoms with E-state index in [0.29, 0.717) is 10.4 Å². The molecule has 3 aromatic rings. The average Bonchev–Trinajstić information content (AvgIpc) is 2.55. The first-order valence-corrected chi connectivity index (χ1v) is 7.18. The molecule has 3 rings (SSSR count). The maximum absolute atomic E-state index is 12.6.